The summed E-state index contributed by atoms with van der Waals surface area (Å²) in [4.78, 5) is 20.2. The standard InChI is InChI=1S/C16H19N3O.C10H13.C2H6.Y/c1-8-6-13(7-9(2)10(8)3)14-11(4)18-12(5)15(19-14)16(17)20;1-8(2)10-6-4-9(3)5-7-10;1-2;/h6-7H,1-5H3,(H2,17,20);4,6-8H,1-3H3;1-2H3;/q;-1;;. The maximum absolute atomic E-state index is 11.4. The van der Waals surface area contributed by atoms with Crippen molar-refractivity contribution in [2.75, 3.05) is 0 Å². The van der Waals surface area contributed by atoms with Crippen molar-refractivity contribution >= 4 is 5.91 Å². The summed E-state index contributed by atoms with van der Waals surface area (Å²) < 4.78 is 0. The molecule has 2 N–H and O–H groups in total. The van der Waals surface area contributed by atoms with E-state index in [0.29, 0.717) is 11.6 Å². The Morgan fingerprint density at radius 3 is 1.88 bits per heavy atom. The number of aryl methyl sites for hydroxylation is 5. The fraction of sp³-hybridized carbons (Fsp3) is 0.393. The van der Waals surface area contributed by atoms with Gasteiger partial charge in [-0.3, -0.25) is 9.78 Å². The Morgan fingerprint density at radius 1 is 0.909 bits per heavy atom. The smallest absolute Gasteiger partial charge is 0.269 e. The van der Waals surface area contributed by atoms with E-state index in [-0.39, 0.29) is 38.4 Å². The molecule has 4 nitrogen and oxygen atoms in total. The molecular weight excluding hydrogens is 483 g/mol. The van der Waals surface area contributed by atoms with Gasteiger partial charge in [0.1, 0.15) is 5.69 Å². The van der Waals surface area contributed by atoms with Gasteiger partial charge < -0.3 is 5.73 Å². The van der Waals surface area contributed by atoms with Crippen molar-refractivity contribution in [1.29, 1.82) is 0 Å². The molecule has 0 aliphatic heterocycles. The van der Waals surface area contributed by atoms with Gasteiger partial charge in [-0.2, -0.15) is 35.4 Å². The molecule has 3 aromatic rings. The predicted octanol–water partition coefficient (Wildman–Crippen LogP) is 6.73. The monoisotopic (exact) mass is 521 g/mol. The molecule has 5 heteroatoms. The SMILES string of the molecule is CC.Cc1[c-]cc(C(C)C)cc1.Cc1cc(-c2nc(C(N)=O)c(C)nc2C)cc(C)c1C.[Y]. The van der Waals surface area contributed by atoms with Crippen molar-refractivity contribution in [2.45, 2.75) is 75.2 Å². The summed E-state index contributed by atoms with van der Waals surface area (Å²) in [6.45, 7) is 20.3. The van der Waals surface area contributed by atoms with E-state index in [1.165, 1.54) is 27.8 Å². The normalized spacial score (nSPS) is 9.79. The number of primary amides is 1. The molecular formula is C28H38N3OY-. The van der Waals surface area contributed by atoms with Crippen LogP contribution in [0.15, 0.2) is 30.3 Å². The van der Waals surface area contributed by atoms with Crippen LogP contribution in [0, 0.1) is 47.6 Å². The van der Waals surface area contributed by atoms with Gasteiger partial charge >= 0.3 is 0 Å². The van der Waals surface area contributed by atoms with E-state index in [9.17, 15) is 4.79 Å². The zero-order valence-electron chi connectivity index (χ0n) is 21.9. The number of amides is 1. The molecule has 0 aliphatic carbocycles. The Morgan fingerprint density at radius 2 is 1.45 bits per heavy atom. The van der Waals surface area contributed by atoms with E-state index < -0.39 is 5.91 Å². The van der Waals surface area contributed by atoms with Crippen LogP contribution >= 0.6 is 0 Å². The second-order valence-electron chi connectivity index (χ2n) is 8.15. The van der Waals surface area contributed by atoms with Gasteiger partial charge in [0, 0.05) is 38.3 Å². The summed E-state index contributed by atoms with van der Waals surface area (Å²) in [6, 6.07) is 13.7. The number of nitrogens with two attached hydrogens (primary N) is 1. The van der Waals surface area contributed by atoms with Crippen molar-refractivity contribution < 1.29 is 37.5 Å². The van der Waals surface area contributed by atoms with Crippen LogP contribution in [0.3, 0.4) is 0 Å². The molecule has 3 rings (SSSR count). The van der Waals surface area contributed by atoms with Crippen LogP contribution in [-0.4, -0.2) is 15.9 Å². The number of carbonyl (C=O) groups excluding carboxylic acids is 1. The van der Waals surface area contributed by atoms with Crippen LogP contribution < -0.4 is 5.73 Å². The van der Waals surface area contributed by atoms with Crippen molar-refractivity contribution in [3.8, 4) is 11.3 Å². The average Bonchev–Trinajstić information content (AvgIpc) is 2.73. The Bertz CT molecular complexity index is 1030. The zero-order chi connectivity index (χ0) is 24.6. The number of hydrogen-bond acceptors (Lipinski definition) is 3. The molecule has 0 saturated heterocycles. The van der Waals surface area contributed by atoms with Crippen LogP contribution in [0.1, 0.15) is 83.3 Å². The molecule has 0 bridgehead atoms. The van der Waals surface area contributed by atoms with E-state index in [1.54, 1.807) is 6.92 Å². The average molecular weight is 522 g/mol. The van der Waals surface area contributed by atoms with Gasteiger partial charge in [-0.05, 0) is 63.4 Å². The third-order valence-electron chi connectivity index (χ3n) is 5.34. The second-order valence-corrected chi connectivity index (χ2v) is 8.15. The molecule has 0 unspecified atom stereocenters. The number of benzene rings is 2. The van der Waals surface area contributed by atoms with Crippen molar-refractivity contribution in [1.82, 2.24) is 9.97 Å². The van der Waals surface area contributed by atoms with Crippen LogP contribution in [0.25, 0.3) is 11.3 Å². The van der Waals surface area contributed by atoms with Crippen LogP contribution in [0.5, 0.6) is 0 Å². The fourth-order valence-electron chi connectivity index (χ4n) is 3.18. The van der Waals surface area contributed by atoms with Gasteiger partial charge in [0.25, 0.3) is 5.91 Å². The third kappa shape index (κ3) is 8.75. The van der Waals surface area contributed by atoms with E-state index >= 15 is 0 Å². The summed E-state index contributed by atoms with van der Waals surface area (Å²) in [7, 11) is 0. The summed E-state index contributed by atoms with van der Waals surface area (Å²) in [6.07, 6.45) is 0. The Labute approximate surface area is 225 Å². The maximum atomic E-state index is 11.4. The zero-order valence-corrected chi connectivity index (χ0v) is 24.8. The number of aromatic nitrogens is 2. The van der Waals surface area contributed by atoms with E-state index in [1.807, 2.05) is 20.8 Å². The number of rotatable bonds is 3. The predicted molar refractivity (Wildman–Crippen MR) is 135 cm³/mol. The van der Waals surface area contributed by atoms with Gasteiger partial charge in [0.2, 0.25) is 0 Å². The molecule has 0 fully saturated rings. The molecule has 0 aliphatic rings. The van der Waals surface area contributed by atoms with Crippen LogP contribution in [-0.2, 0) is 32.7 Å². The first-order chi connectivity index (χ1) is 15.0. The molecule has 1 heterocycles. The minimum atomic E-state index is -0.545. The first-order valence-electron chi connectivity index (χ1n) is 11.2. The van der Waals surface area contributed by atoms with Crippen LogP contribution in [0.2, 0.25) is 0 Å². The molecule has 2 aromatic carbocycles. The molecule has 1 radical (unpaired) electrons. The molecule has 175 valence electrons. The maximum Gasteiger partial charge on any atom is 0.269 e. The molecule has 33 heavy (non-hydrogen) atoms. The summed E-state index contributed by atoms with van der Waals surface area (Å²) in [5.41, 5.74) is 14.9. The third-order valence-corrected chi connectivity index (χ3v) is 5.34. The van der Waals surface area contributed by atoms with E-state index in [4.69, 9.17) is 5.73 Å². The van der Waals surface area contributed by atoms with Gasteiger partial charge in [-0.25, -0.2) is 4.98 Å². The minimum absolute atomic E-state index is 0. The molecule has 1 aromatic heterocycles. The molecule has 1 amide bonds. The van der Waals surface area contributed by atoms with Gasteiger partial charge in [0.15, 0.2) is 0 Å². The molecule has 0 saturated carbocycles. The second kappa shape index (κ2) is 14.4. The van der Waals surface area contributed by atoms with E-state index in [0.717, 1.165) is 17.0 Å². The largest absolute Gasteiger partial charge is 0.364 e. The Kier molecular flexibility index (Phi) is 13.5. The summed E-state index contributed by atoms with van der Waals surface area (Å²) in [5, 5.41) is 0. The minimum Gasteiger partial charge on any atom is -0.364 e. The topological polar surface area (TPSA) is 68.9 Å². The Balaban J connectivity index is 0.000000666. The Hall–Kier alpha value is -1.91. The van der Waals surface area contributed by atoms with Gasteiger partial charge in [-0.15, -0.1) is 0 Å². The fourth-order valence-corrected chi connectivity index (χ4v) is 3.18. The quantitative estimate of drug-likeness (QED) is 0.389. The molecule has 0 spiro atoms. The first-order valence-corrected chi connectivity index (χ1v) is 11.2. The number of nitrogens with zero attached hydrogens (tertiary/aromatic N) is 2. The van der Waals surface area contributed by atoms with Gasteiger partial charge in [-0.1, -0.05) is 40.5 Å². The van der Waals surface area contributed by atoms with Crippen LogP contribution in [0.4, 0.5) is 0 Å². The molecule has 0 atom stereocenters. The van der Waals surface area contributed by atoms with Crippen molar-refractivity contribution in [2.24, 2.45) is 5.73 Å². The van der Waals surface area contributed by atoms with Crippen molar-refractivity contribution in [3.05, 3.63) is 81.3 Å². The first kappa shape index (κ1) is 31.1. The van der Waals surface area contributed by atoms with Crippen molar-refractivity contribution in [3.63, 3.8) is 0 Å². The number of carbonyl (C=O) groups is 1. The summed E-state index contributed by atoms with van der Waals surface area (Å²) in [5.74, 6) is 0.0775. The van der Waals surface area contributed by atoms with Gasteiger partial charge in [0.05, 0.1) is 17.1 Å². The number of hydrogen-bond donors (Lipinski definition) is 1. The van der Waals surface area contributed by atoms with E-state index in [2.05, 4.69) is 87.9 Å². The summed E-state index contributed by atoms with van der Waals surface area (Å²) >= 11 is 0.